The number of nitrogen functional groups attached to an aromatic ring is 1. The predicted octanol–water partition coefficient (Wildman–Crippen LogP) is 1.47. The normalized spacial score (nSPS) is 10.0. The van der Waals surface area contributed by atoms with Crippen molar-refractivity contribution in [2.24, 2.45) is 0 Å². The number of carbonyl (C=O) groups is 1. The molecule has 0 aromatic carbocycles. The first-order chi connectivity index (χ1) is 10.2. The van der Waals surface area contributed by atoms with Crippen LogP contribution in [0.15, 0.2) is 30.6 Å². The number of carbonyl (C=O) groups excluding carboxylic acids is 1. The summed E-state index contributed by atoms with van der Waals surface area (Å²) in [5.41, 5.74) is 7.37. The summed E-state index contributed by atoms with van der Waals surface area (Å²) >= 11 is 0. The van der Waals surface area contributed by atoms with E-state index in [1.54, 1.807) is 19.4 Å². The Bertz CT molecular complexity index is 629. The number of rotatable bonds is 5. The van der Waals surface area contributed by atoms with Gasteiger partial charge in [-0.1, -0.05) is 6.07 Å². The van der Waals surface area contributed by atoms with E-state index in [1.165, 1.54) is 19.4 Å². The van der Waals surface area contributed by atoms with Gasteiger partial charge in [0, 0.05) is 25.0 Å². The number of aromatic nitrogens is 2. The fraction of sp³-hybridized carbons (Fsp3) is 0.214. The minimum absolute atomic E-state index is 0.255. The monoisotopic (exact) mass is 288 g/mol. The van der Waals surface area contributed by atoms with Gasteiger partial charge in [0.2, 0.25) is 5.88 Å². The van der Waals surface area contributed by atoms with Gasteiger partial charge in [0.25, 0.3) is 0 Å². The molecule has 0 spiro atoms. The molecule has 0 amide bonds. The fourth-order valence-electron chi connectivity index (χ4n) is 1.72. The van der Waals surface area contributed by atoms with Crippen molar-refractivity contribution in [1.82, 2.24) is 9.97 Å². The maximum Gasteiger partial charge on any atom is 0.340 e. The molecule has 0 aliphatic heterocycles. The van der Waals surface area contributed by atoms with E-state index in [9.17, 15) is 4.79 Å². The molecule has 0 bridgehead atoms. The van der Waals surface area contributed by atoms with Gasteiger partial charge in [0.05, 0.1) is 25.5 Å². The van der Waals surface area contributed by atoms with Gasteiger partial charge < -0.3 is 20.5 Å². The Morgan fingerprint density at radius 1 is 1.29 bits per heavy atom. The van der Waals surface area contributed by atoms with Crippen molar-refractivity contribution in [2.75, 3.05) is 25.3 Å². The van der Waals surface area contributed by atoms with Crippen molar-refractivity contribution in [3.05, 3.63) is 41.7 Å². The second kappa shape index (κ2) is 6.56. The van der Waals surface area contributed by atoms with E-state index in [2.05, 4.69) is 20.0 Å². The lowest BCUT2D eigenvalue weighted by Crippen LogP contribution is -2.10. The van der Waals surface area contributed by atoms with E-state index in [4.69, 9.17) is 10.5 Å². The molecule has 110 valence electrons. The number of nitrogens with one attached hydrogen (secondary N) is 1. The van der Waals surface area contributed by atoms with E-state index < -0.39 is 5.97 Å². The van der Waals surface area contributed by atoms with Crippen LogP contribution in [0.1, 0.15) is 15.9 Å². The summed E-state index contributed by atoms with van der Waals surface area (Å²) in [7, 11) is 2.86. The molecule has 0 unspecified atom stereocenters. The molecule has 0 aliphatic rings. The first kappa shape index (κ1) is 14.6. The van der Waals surface area contributed by atoms with Gasteiger partial charge >= 0.3 is 5.97 Å². The quantitative estimate of drug-likeness (QED) is 0.803. The van der Waals surface area contributed by atoms with Crippen LogP contribution in [0.4, 0.5) is 11.5 Å². The van der Waals surface area contributed by atoms with Gasteiger partial charge in [-0.25, -0.2) is 14.8 Å². The molecular weight excluding hydrogens is 272 g/mol. The first-order valence-electron chi connectivity index (χ1n) is 6.21. The number of nitrogens with zero attached hydrogens (tertiary/aromatic N) is 2. The number of pyridine rings is 2. The standard InChI is InChI=1S/C14H16N4O3/c1-20-11-4-3-9(7-17-11)8-18-13-12(15)10(5-6-16-13)14(19)21-2/h3-7H,8,15H2,1-2H3,(H,16,18). The molecule has 0 saturated carbocycles. The number of hydrogen-bond acceptors (Lipinski definition) is 7. The summed E-state index contributed by atoms with van der Waals surface area (Å²) in [6, 6.07) is 5.15. The highest BCUT2D eigenvalue weighted by atomic mass is 16.5. The van der Waals surface area contributed by atoms with Crippen molar-refractivity contribution in [3.63, 3.8) is 0 Å². The summed E-state index contributed by atoms with van der Waals surface area (Å²) in [6.07, 6.45) is 3.18. The minimum Gasteiger partial charge on any atom is -0.481 e. The third-order valence-electron chi connectivity index (χ3n) is 2.86. The molecule has 0 aliphatic carbocycles. The number of ether oxygens (including phenoxy) is 2. The highest BCUT2D eigenvalue weighted by Gasteiger charge is 2.13. The molecule has 2 rings (SSSR count). The van der Waals surface area contributed by atoms with Crippen molar-refractivity contribution in [1.29, 1.82) is 0 Å². The number of anilines is 2. The third kappa shape index (κ3) is 3.38. The summed E-state index contributed by atoms with van der Waals surface area (Å²) in [4.78, 5) is 19.8. The molecule has 0 saturated heterocycles. The Morgan fingerprint density at radius 3 is 2.71 bits per heavy atom. The third-order valence-corrected chi connectivity index (χ3v) is 2.86. The van der Waals surface area contributed by atoms with E-state index in [0.29, 0.717) is 18.2 Å². The molecule has 21 heavy (non-hydrogen) atoms. The smallest absolute Gasteiger partial charge is 0.340 e. The van der Waals surface area contributed by atoms with Gasteiger partial charge in [0.15, 0.2) is 0 Å². The number of hydrogen-bond donors (Lipinski definition) is 2. The largest absolute Gasteiger partial charge is 0.481 e. The Morgan fingerprint density at radius 2 is 2.10 bits per heavy atom. The molecule has 2 aromatic heterocycles. The summed E-state index contributed by atoms with van der Waals surface area (Å²) in [5.74, 6) is 0.474. The molecule has 0 atom stereocenters. The Hall–Kier alpha value is -2.83. The van der Waals surface area contributed by atoms with E-state index >= 15 is 0 Å². The predicted molar refractivity (Wildman–Crippen MR) is 78.1 cm³/mol. The van der Waals surface area contributed by atoms with Crippen LogP contribution in [-0.4, -0.2) is 30.2 Å². The second-order valence-corrected chi connectivity index (χ2v) is 4.17. The number of methoxy groups -OCH3 is 2. The maximum absolute atomic E-state index is 11.5. The molecule has 7 heteroatoms. The molecule has 3 N–H and O–H groups in total. The van der Waals surface area contributed by atoms with Crippen LogP contribution in [0, 0.1) is 0 Å². The summed E-state index contributed by atoms with van der Waals surface area (Å²) < 4.78 is 9.65. The number of nitrogens with two attached hydrogens (primary N) is 1. The first-order valence-corrected chi connectivity index (χ1v) is 6.21. The van der Waals surface area contributed by atoms with Crippen LogP contribution in [0.5, 0.6) is 5.88 Å². The summed E-state index contributed by atoms with van der Waals surface area (Å²) in [5, 5.41) is 3.06. The lowest BCUT2D eigenvalue weighted by molar-refractivity contribution is 0.0602. The lowest BCUT2D eigenvalue weighted by atomic mass is 10.2. The minimum atomic E-state index is -0.496. The lowest BCUT2D eigenvalue weighted by Gasteiger charge is -2.11. The van der Waals surface area contributed by atoms with E-state index in [0.717, 1.165) is 5.56 Å². The SMILES string of the molecule is COC(=O)c1ccnc(NCc2ccc(OC)nc2)c1N. The van der Waals surface area contributed by atoms with Crippen LogP contribution in [0.25, 0.3) is 0 Å². The van der Waals surface area contributed by atoms with Gasteiger partial charge in [0.1, 0.15) is 5.82 Å². The molecule has 7 nitrogen and oxygen atoms in total. The second-order valence-electron chi connectivity index (χ2n) is 4.17. The van der Waals surface area contributed by atoms with Gasteiger partial charge in [-0.15, -0.1) is 0 Å². The zero-order chi connectivity index (χ0) is 15.2. The van der Waals surface area contributed by atoms with E-state index in [-0.39, 0.29) is 11.3 Å². The van der Waals surface area contributed by atoms with Gasteiger partial charge in [-0.3, -0.25) is 0 Å². The van der Waals surface area contributed by atoms with E-state index in [1.807, 2.05) is 6.07 Å². The maximum atomic E-state index is 11.5. The van der Waals surface area contributed by atoms with Crippen LogP contribution in [0.2, 0.25) is 0 Å². The number of esters is 1. The highest BCUT2D eigenvalue weighted by molar-refractivity contribution is 5.97. The molecule has 0 radical (unpaired) electrons. The Labute approximate surface area is 122 Å². The Kier molecular flexibility index (Phi) is 4.55. The van der Waals surface area contributed by atoms with Crippen molar-refractivity contribution in [2.45, 2.75) is 6.54 Å². The highest BCUT2D eigenvalue weighted by Crippen LogP contribution is 2.21. The topological polar surface area (TPSA) is 99.4 Å². The van der Waals surface area contributed by atoms with Crippen LogP contribution in [0.3, 0.4) is 0 Å². The molecule has 2 aromatic rings. The molecule has 2 heterocycles. The van der Waals surface area contributed by atoms with Gasteiger partial charge in [-0.05, 0) is 11.6 Å². The van der Waals surface area contributed by atoms with Crippen LogP contribution < -0.4 is 15.8 Å². The zero-order valence-electron chi connectivity index (χ0n) is 11.8. The Balaban J connectivity index is 2.10. The summed E-state index contributed by atoms with van der Waals surface area (Å²) in [6.45, 7) is 0.471. The molecule has 0 fully saturated rings. The fourth-order valence-corrected chi connectivity index (χ4v) is 1.72. The van der Waals surface area contributed by atoms with Crippen LogP contribution >= 0.6 is 0 Å². The van der Waals surface area contributed by atoms with Crippen molar-refractivity contribution < 1.29 is 14.3 Å². The van der Waals surface area contributed by atoms with Crippen molar-refractivity contribution >= 4 is 17.5 Å². The zero-order valence-corrected chi connectivity index (χ0v) is 11.8. The van der Waals surface area contributed by atoms with Crippen LogP contribution in [-0.2, 0) is 11.3 Å². The van der Waals surface area contributed by atoms with Gasteiger partial charge in [-0.2, -0.15) is 0 Å². The average molecular weight is 288 g/mol. The molecular formula is C14H16N4O3. The average Bonchev–Trinajstić information content (AvgIpc) is 2.53. The van der Waals surface area contributed by atoms with Crippen molar-refractivity contribution in [3.8, 4) is 5.88 Å².